The van der Waals surface area contributed by atoms with Gasteiger partial charge in [-0.2, -0.15) is 0 Å². The number of benzene rings is 1. The Morgan fingerprint density at radius 1 is 1.21 bits per heavy atom. The van der Waals surface area contributed by atoms with Gasteiger partial charge in [0.25, 0.3) is 0 Å². The summed E-state index contributed by atoms with van der Waals surface area (Å²) in [5.74, 6) is 1.06. The van der Waals surface area contributed by atoms with E-state index in [0.717, 1.165) is 18.1 Å². The molecule has 1 heterocycles. The Balaban J connectivity index is 2.41. The van der Waals surface area contributed by atoms with Gasteiger partial charge in [-0.1, -0.05) is 12.1 Å². The zero-order valence-electron chi connectivity index (χ0n) is 12.4. The van der Waals surface area contributed by atoms with Gasteiger partial charge in [0.1, 0.15) is 5.82 Å². The number of hydrogen-bond donors (Lipinski definition) is 1. The number of nitrogens with zero attached hydrogens (tertiary/aromatic N) is 3. The number of imidazole rings is 1. The summed E-state index contributed by atoms with van der Waals surface area (Å²) in [4.78, 5) is 6.73. The van der Waals surface area contributed by atoms with Crippen LogP contribution in [0.5, 0.6) is 0 Å². The number of aryl methyl sites for hydroxylation is 1. The van der Waals surface area contributed by atoms with Crippen molar-refractivity contribution in [2.24, 2.45) is 7.05 Å². The second-order valence-corrected chi connectivity index (χ2v) is 4.99. The zero-order chi connectivity index (χ0) is 14.0. The van der Waals surface area contributed by atoms with E-state index in [0.29, 0.717) is 0 Å². The molecular formula is C15H22N4. The Labute approximate surface area is 115 Å². The second kappa shape index (κ2) is 5.45. The molecule has 1 aromatic carbocycles. The lowest BCUT2D eigenvalue weighted by atomic mass is 10.1. The molecule has 4 nitrogen and oxygen atoms in total. The van der Waals surface area contributed by atoms with Crippen LogP contribution in [0.4, 0.5) is 5.69 Å². The number of nitrogens with one attached hydrogen (secondary N) is 1. The topological polar surface area (TPSA) is 33.1 Å². The minimum Gasteiger partial charge on any atom is -0.378 e. The van der Waals surface area contributed by atoms with Crippen molar-refractivity contribution < 1.29 is 0 Å². The fourth-order valence-corrected chi connectivity index (χ4v) is 2.33. The average molecular weight is 258 g/mol. The highest BCUT2D eigenvalue weighted by molar-refractivity contribution is 5.65. The number of anilines is 1. The van der Waals surface area contributed by atoms with Crippen molar-refractivity contribution in [3.63, 3.8) is 0 Å². The van der Waals surface area contributed by atoms with Gasteiger partial charge in [0.2, 0.25) is 0 Å². The van der Waals surface area contributed by atoms with Crippen molar-refractivity contribution in [1.29, 1.82) is 0 Å². The van der Waals surface area contributed by atoms with E-state index in [2.05, 4.69) is 72.1 Å². The highest BCUT2D eigenvalue weighted by atomic mass is 15.1. The lowest BCUT2D eigenvalue weighted by Crippen LogP contribution is -2.10. The van der Waals surface area contributed by atoms with E-state index in [4.69, 9.17) is 0 Å². The van der Waals surface area contributed by atoms with E-state index in [1.165, 1.54) is 16.9 Å². The molecule has 0 unspecified atom stereocenters. The summed E-state index contributed by atoms with van der Waals surface area (Å²) in [7, 11) is 8.11. The summed E-state index contributed by atoms with van der Waals surface area (Å²) in [5.41, 5.74) is 4.68. The first kappa shape index (κ1) is 13.6. The maximum absolute atomic E-state index is 4.62. The molecule has 0 fully saturated rings. The van der Waals surface area contributed by atoms with Gasteiger partial charge in [0.15, 0.2) is 0 Å². The SMILES string of the molecule is CNCc1nc(C)c(-c2ccc(N(C)C)cc2)n1C. The number of aromatic nitrogens is 2. The Morgan fingerprint density at radius 2 is 1.84 bits per heavy atom. The van der Waals surface area contributed by atoms with E-state index in [9.17, 15) is 0 Å². The highest BCUT2D eigenvalue weighted by Gasteiger charge is 2.12. The summed E-state index contributed by atoms with van der Waals surface area (Å²) in [5, 5.41) is 3.15. The molecule has 0 atom stereocenters. The van der Waals surface area contributed by atoms with Crippen LogP contribution in [0.1, 0.15) is 11.5 Å². The molecule has 2 aromatic rings. The van der Waals surface area contributed by atoms with Crippen LogP contribution in [0.25, 0.3) is 11.3 Å². The lowest BCUT2D eigenvalue weighted by molar-refractivity contribution is 0.712. The minimum atomic E-state index is 0.785. The van der Waals surface area contributed by atoms with Gasteiger partial charge in [-0.15, -0.1) is 0 Å². The summed E-state index contributed by atoms with van der Waals surface area (Å²) >= 11 is 0. The second-order valence-electron chi connectivity index (χ2n) is 4.99. The van der Waals surface area contributed by atoms with Crippen molar-refractivity contribution in [1.82, 2.24) is 14.9 Å². The average Bonchev–Trinajstić information content (AvgIpc) is 2.65. The predicted molar refractivity (Wildman–Crippen MR) is 80.5 cm³/mol. The molecule has 0 amide bonds. The van der Waals surface area contributed by atoms with E-state index >= 15 is 0 Å². The van der Waals surface area contributed by atoms with E-state index in [1.807, 2.05) is 7.05 Å². The van der Waals surface area contributed by atoms with Crippen LogP contribution in [0.3, 0.4) is 0 Å². The van der Waals surface area contributed by atoms with Crippen molar-refractivity contribution in [2.45, 2.75) is 13.5 Å². The van der Waals surface area contributed by atoms with Crippen LogP contribution in [0, 0.1) is 6.92 Å². The first-order valence-electron chi connectivity index (χ1n) is 6.49. The third-order valence-corrected chi connectivity index (χ3v) is 3.35. The molecule has 4 heteroatoms. The summed E-state index contributed by atoms with van der Waals surface area (Å²) in [6.45, 7) is 2.85. The molecule has 0 radical (unpaired) electrons. The van der Waals surface area contributed by atoms with Crippen LogP contribution < -0.4 is 10.2 Å². The van der Waals surface area contributed by atoms with Gasteiger partial charge in [-0.25, -0.2) is 4.98 Å². The van der Waals surface area contributed by atoms with Crippen LogP contribution in [-0.2, 0) is 13.6 Å². The third-order valence-electron chi connectivity index (χ3n) is 3.35. The van der Waals surface area contributed by atoms with Gasteiger partial charge in [-0.05, 0) is 26.1 Å². The molecular weight excluding hydrogens is 236 g/mol. The molecule has 0 spiro atoms. The maximum atomic E-state index is 4.62. The van der Waals surface area contributed by atoms with Crippen molar-refractivity contribution >= 4 is 5.69 Å². The molecule has 0 bridgehead atoms. The fourth-order valence-electron chi connectivity index (χ4n) is 2.33. The Hall–Kier alpha value is -1.81. The van der Waals surface area contributed by atoms with Gasteiger partial charge in [-0.3, -0.25) is 0 Å². The number of rotatable bonds is 4. The Bertz CT molecular complexity index is 552. The monoisotopic (exact) mass is 258 g/mol. The molecule has 19 heavy (non-hydrogen) atoms. The van der Waals surface area contributed by atoms with Gasteiger partial charge >= 0.3 is 0 Å². The van der Waals surface area contributed by atoms with Crippen LogP contribution >= 0.6 is 0 Å². The fraction of sp³-hybridized carbons (Fsp3) is 0.400. The Kier molecular flexibility index (Phi) is 3.90. The maximum Gasteiger partial charge on any atom is 0.123 e. The number of hydrogen-bond acceptors (Lipinski definition) is 3. The van der Waals surface area contributed by atoms with Crippen LogP contribution in [0.2, 0.25) is 0 Å². The Morgan fingerprint density at radius 3 is 2.37 bits per heavy atom. The quantitative estimate of drug-likeness (QED) is 0.912. The highest BCUT2D eigenvalue weighted by Crippen LogP contribution is 2.25. The van der Waals surface area contributed by atoms with Crippen LogP contribution in [-0.4, -0.2) is 30.7 Å². The van der Waals surface area contributed by atoms with E-state index in [-0.39, 0.29) is 0 Å². The summed E-state index contributed by atoms with van der Waals surface area (Å²) in [6, 6.07) is 8.59. The summed E-state index contributed by atoms with van der Waals surface area (Å²) < 4.78 is 2.16. The van der Waals surface area contributed by atoms with Gasteiger partial charge in [0.05, 0.1) is 17.9 Å². The summed E-state index contributed by atoms with van der Waals surface area (Å²) in [6.07, 6.45) is 0. The smallest absolute Gasteiger partial charge is 0.123 e. The van der Waals surface area contributed by atoms with Crippen molar-refractivity contribution in [2.75, 3.05) is 26.0 Å². The van der Waals surface area contributed by atoms with Gasteiger partial charge < -0.3 is 14.8 Å². The molecule has 0 saturated heterocycles. The van der Waals surface area contributed by atoms with Crippen molar-refractivity contribution in [3.8, 4) is 11.3 Å². The standard InChI is InChI=1S/C15H22N4/c1-11-15(19(5)14(17-11)10-16-2)12-6-8-13(9-7-12)18(3)4/h6-9,16H,10H2,1-5H3. The van der Waals surface area contributed by atoms with E-state index < -0.39 is 0 Å². The van der Waals surface area contributed by atoms with Crippen molar-refractivity contribution in [3.05, 3.63) is 35.8 Å². The molecule has 0 aliphatic heterocycles. The lowest BCUT2D eigenvalue weighted by Gasteiger charge is -2.13. The third kappa shape index (κ3) is 2.63. The first-order chi connectivity index (χ1) is 9.04. The van der Waals surface area contributed by atoms with E-state index in [1.54, 1.807) is 0 Å². The molecule has 1 N–H and O–H groups in total. The molecule has 0 aliphatic rings. The molecule has 102 valence electrons. The zero-order valence-corrected chi connectivity index (χ0v) is 12.4. The van der Waals surface area contributed by atoms with Crippen LogP contribution in [0.15, 0.2) is 24.3 Å². The molecule has 0 saturated carbocycles. The van der Waals surface area contributed by atoms with Gasteiger partial charge in [0, 0.05) is 32.4 Å². The molecule has 0 aliphatic carbocycles. The molecule has 2 rings (SSSR count). The largest absolute Gasteiger partial charge is 0.378 e. The minimum absolute atomic E-state index is 0.785. The molecule has 1 aromatic heterocycles. The first-order valence-corrected chi connectivity index (χ1v) is 6.49. The normalized spacial score (nSPS) is 10.8. The predicted octanol–water partition coefficient (Wildman–Crippen LogP) is 2.18.